The molecule has 1 amide bonds. The normalized spacial score (nSPS) is 15.0. The number of hydrogen-bond donors (Lipinski definition) is 1. The maximum Gasteiger partial charge on any atom is 0.344 e. The quantitative estimate of drug-likeness (QED) is 0.774. The van der Waals surface area contributed by atoms with Crippen molar-refractivity contribution in [2.75, 3.05) is 26.3 Å². The van der Waals surface area contributed by atoms with Crippen molar-refractivity contribution in [3.63, 3.8) is 0 Å². The number of rotatable bonds is 3. The van der Waals surface area contributed by atoms with Crippen LogP contribution in [-0.4, -0.2) is 37.2 Å². The van der Waals surface area contributed by atoms with Gasteiger partial charge in [0, 0.05) is 24.0 Å². The number of hydrazine groups is 1. The first-order valence-corrected chi connectivity index (χ1v) is 8.90. The van der Waals surface area contributed by atoms with Gasteiger partial charge in [-0.3, -0.25) is 10.2 Å². The van der Waals surface area contributed by atoms with E-state index in [0.29, 0.717) is 42.6 Å². The number of aryl methyl sites for hydroxylation is 1. The Hall–Kier alpha value is -2.96. The Morgan fingerprint density at radius 2 is 1.67 bits per heavy atom. The topological polar surface area (TPSA) is 71.8 Å². The molecule has 1 fully saturated rings. The largest absolute Gasteiger partial charge is 0.416 e. The van der Waals surface area contributed by atoms with E-state index in [1.165, 1.54) is 0 Å². The third-order valence-electron chi connectivity index (χ3n) is 4.66. The van der Waals surface area contributed by atoms with E-state index in [4.69, 9.17) is 9.15 Å². The highest BCUT2D eigenvalue weighted by molar-refractivity contribution is 6.07. The Labute approximate surface area is 156 Å². The first-order valence-electron chi connectivity index (χ1n) is 8.90. The predicted molar refractivity (Wildman–Crippen MR) is 103 cm³/mol. The summed E-state index contributed by atoms with van der Waals surface area (Å²) in [5, 5.41) is 2.93. The van der Waals surface area contributed by atoms with Gasteiger partial charge < -0.3 is 9.15 Å². The molecule has 1 saturated heterocycles. The molecule has 1 aliphatic rings. The smallest absolute Gasteiger partial charge is 0.344 e. The summed E-state index contributed by atoms with van der Waals surface area (Å²) in [4.78, 5) is 25.4. The van der Waals surface area contributed by atoms with Gasteiger partial charge in [-0.25, -0.2) is 9.80 Å². The van der Waals surface area contributed by atoms with Gasteiger partial charge in [0.05, 0.1) is 18.6 Å². The third kappa shape index (κ3) is 3.49. The summed E-state index contributed by atoms with van der Waals surface area (Å²) in [6, 6.07) is 15.0. The molecule has 138 valence electrons. The van der Waals surface area contributed by atoms with Crippen molar-refractivity contribution in [1.82, 2.24) is 10.4 Å². The third-order valence-corrected chi connectivity index (χ3v) is 4.66. The monoisotopic (exact) mass is 364 g/mol. The van der Waals surface area contributed by atoms with Gasteiger partial charge in [0.2, 0.25) is 5.76 Å². The van der Waals surface area contributed by atoms with E-state index in [-0.39, 0.29) is 5.76 Å². The van der Waals surface area contributed by atoms with Crippen LogP contribution in [0.25, 0.3) is 21.9 Å². The zero-order valence-electron chi connectivity index (χ0n) is 15.0. The minimum absolute atomic E-state index is 0.0223. The number of morpholine rings is 1. The van der Waals surface area contributed by atoms with E-state index in [2.05, 4.69) is 5.43 Å². The summed E-state index contributed by atoms with van der Waals surface area (Å²) in [6.45, 7) is 4.27. The molecule has 2 aromatic carbocycles. The zero-order chi connectivity index (χ0) is 18.8. The Kier molecular flexibility index (Phi) is 4.75. The zero-order valence-corrected chi connectivity index (χ0v) is 15.0. The summed E-state index contributed by atoms with van der Waals surface area (Å²) >= 11 is 0. The Balaban J connectivity index is 1.85. The average Bonchev–Trinajstić information content (AvgIpc) is 2.70. The van der Waals surface area contributed by atoms with Gasteiger partial charge in [-0.05, 0) is 18.6 Å². The number of amides is 1. The summed E-state index contributed by atoms with van der Waals surface area (Å²) in [6.07, 6.45) is 0. The molecule has 4 rings (SSSR count). The second-order valence-corrected chi connectivity index (χ2v) is 6.55. The summed E-state index contributed by atoms with van der Waals surface area (Å²) in [5.74, 6) is -0.413. The molecule has 27 heavy (non-hydrogen) atoms. The van der Waals surface area contributed by atoms with Crippen molar-refractivity contribution >= 4 is 16.7 Å². The van der Waals surface area contributed by atoms with Crippen molar-refractivity contribution in [2.45, 2.75) is 6.92 Å². The fourth-order valence-corrected chi connectivity index (χ4v) is 3.24. The minimum Gasteiger partial charge on any atom is -0.416 e. The first kappa shape index (κ1) is 17.5. The van der Waals surface area contributed by atoms with E-state index in [1.807, 2.05) is 43.3 Å². The highest BCUT2D eigenvalue weighted by atomic mass is 16.5. The second-order valence-electron chi connectivity index (χ2n) is 6.55. The SMILES string of the molecule is Cc1ccc(-c2c(C(=O)NN3CCOCC3)oc(=O)c3ccccc23)cc1. The van der Waals surface area contributed by atoms with Gasteiger partial charge in [-0.15, -0.1) is 0 Å². The van der Waals surface area contributed by atoms with Crippen LogP contribution in [0.5, 0.6) is 0 Å². The molecule has 0 aliphatic carbocycles. The number of nitrogens with zero attached hydrogens (tertiary/aromatic N) is 1. The number of nitrogens with one attached hydrogen (secondary N) is 1. The molecule has 1 aromatic heterocycles. The average molecular weight is 364 g/mol. The molecular formula is C21H20N2O4. The standard InChI is InChI=1S/C21H20N2O4/c1-14-6-8-15(9-7-14)18-16-4-2-3-5-17(16)21(25)27-19(18)20(24)22-23-10-12-26-13-11-23/h2-9H,10-13H2,1H3,(H,22,24). The maximum absolute atomic E-state index is 12.9. The second kappa shape index (κ2) is 7.34. The van der Waals surface area contributed by atoms with E-state index in [0.717, 1.165) is 11.1 Å². The lowest BCUT2D eigenvalue weighted by atomic mass is 9.97. The Morgan fingerprint density at radius 1 is 1.00 bits per heavy atom. The summed E-state index contributed by atoms with van der Waals surface area (Å²) < 4.78 is 10.8. The van der Waals surface area contributed by atoms with Gasteiger partial charge in [-0.1, -0.05) is 48.0 Å². The molecule has 6 heteroatoms. The molecule has 0 atom stereocenters. The molecule has 6 nitrogen and oxygen atoms in total. The Morgan fingerprint density at radius 3 is 2.37 bits per heavy atom. The number of carbonyl (C=O) groups excluding carboxylic acids is 1. The molecule has 0 bridgehead atoms. The van der Waals surface area contributed by atoms with Crippen molar-refractivity contribution < 1.29 is 13.9 Å². The molecule has 0 unspecified atom stereocenters. The lowest BCUT2D eigenvalue weighted by Crippen LogP contribution is -2.48. The van der Waals surface area contributed by atoms with Crippen LogP contribution < -0.4 is 11.1 Å². The van der Waals surface area contributed by atoms with Crippen LogP contribution in [0.1, 0.15) is 16.1 Å². The van der Waals surface area contributed by atoms with Gasteiger partial charge in [0.15, 0.2) is 0 Å². The molecule has 1 N–H and O–H groups in total. The minimum atomic E-state index is -0.520. The maximum atomic E-state index is 12.9. The molecule has 0 radical (unpaired) electrons. The lowest BCUT2D eigenvalue weighted by Gasteiger charge is -2.27. The number of carbonyl (C=O) groups is 1. The van der Waals surface area contributed by atoms with E-state index < -0.39 is 11.5 Å². The number of benzene rings is 2. The summed E-state index contributed by atoms with van der Waals surface area (Å²) in [5.41, 5.74) is 4.87. The number of fused-ring (bicyclic) bond motifs is 1. The molecule has 2 heterocycles. The molecule has 0 saturated carbocycles. The van der Waals surface area contributed by atoms with E-state index in [9.17, 15) is 9.59 Å². The van der Waals surface area contributed by atoms with Gasteiger partial charge in [-0.2, -0.15) is 0 Å². The van der Waals surface area contributed by atoms with Crippen molar-refractivity contribution in [3.8, 4) is 11.1 Å². The van der Waals surface area contributed by atoms with E-state index in [1.54, 1.807) is 17.1 Å². The number of ether oxygens (including phenoxy) is 1. The fourth-order valence-electron chi connectivity index (χ4n) is 3.24. The van der Waals surface area contributed by atoms with Crippen LogP contribution in [0, 0.1) is 6.92 Å². The van der Waals surface area contributed by atoms with Crippen molar-refractivity contribution in [1.29, 1.82) is 0 Å². The van der Waals surface area contributed by atoms with Crippen LogP contribution in [0.15, 0.2) is 57.7 Å². The van der Waals surface area contributed by atoms with Crippen molar-refractivity contribution in [2.24, 2.45) is 0 Å². The number of hydrogen-bond acceptors (Lipinski definition) is 5. The molecule has 1 aliphatic heterocycles. The molecule has 0 spiro atoms. The summed E-state index contributed by atoms with van der Waals surface area (Å²) in [7, 11) is 0. The highest BCUT2D eigenvalue weighted by Gasteiger charge is 2.23. The fraction of sp³-hybridized carbons (Fsp3) is 0.238. The first-order chi connectivity index (χ1) is 13.1. The van der Waals surface area contributed by atoms with Gasteiger partial charge in [0.1, 0.15) is 0 Å². The lowest BCUT2D eigenvalue weighted by molar-refractivity contribution is 0.0117. The van der Waals surface area contributed by atoms with Crippen LogP contribution in [0.2, 0.25) is 0 Å². The van der Waals surface area contributed by atoms with Crippen LogP contribution in [0.3, 0.4) is 0 Å². The molecular weight excluding hydrogens is 344 g/mol. The van der Waals surface area contributed by atoms with Crippen LogP contribution in [-0.2, 0) is 4.74 Å². The van der Waals surface area contributed by atoms with Crippen molar-refractivity contribution in [3.05, 3.63) is 70.3 Å². The Bertz CT molecular complexity index is 1030. The van der Waals surface area contributed by atoms with E-state index >= 15 is 0 Å². The van der Waals surface area contributed by atoms with Crippen LogP contribution in [0.4, 0.5) is 0 Å². The predicted octanol–water partition coefficient (Wildman–Crippen LogP) is 2.75. The van der Waals surface area contributed by atoms with Gasteiger partial charge >= 0.3 is 11.5 Å². The van der Waals surface area contributed by atoms with Crippen LogP contribution >= 0.6 is 0 Å². The van der Waals surface area contributed by atoms with Gasteiger partial charge in [0.25, 0.3) is 0 Å². The molecule has 3 aromatic rings. The highest BCUT2D eigenvalue weighted by Crippen LogP contribution is 2.31.